The van der Waals surface area contributed by atoms with Gasteiger partial charge in [-0.3, -0.25) is 4.79 Å². The SMILES string of the molecule is CCNC(=O)CN(C)c1ccc(C)c(N)c1. The van der Waals surface area contributed by atoms with Crippen molar-refractivity contribution in [3.63, 3.8) is 0 Å². The van der Waals surface area contributed by atoms with E-state index in [1.165, 1.54) is 0 Å². The predicted molar refractivity (Wildman–Crippen MR) is 67.5 cm³/mol. The van der Waals surface area contributed by atoms with Crippen LogP contribution in [0.5, 0.6) is 0 Å². The smallest absolute Gasteiger partial charge is 0.239 e. The number of carbonyl (C=O) groups excluding carboxylic acids is 1. The number of nitrogens with zero attached hydrogens (tertiary/aromatic N) is 1. The highest BCUT2D eigenvalue weighted by Crippen LogP contribution is 2.19. The van der Waals surface area contributed by atoms with E-state index in [-0.39, 0.29) is 5.91 Å². The van der Waals surface area contributed by atoms with Gasteiger partial charge in [-0.05, 0) is 31.5 Å². The van der Waals surface area contributed by atoms with Gasteiger partial charge in [0.1, 0.15) is 0 Å². The summed E-state index contributed by atoms with van der Waals surface area (Å²) in [5.41, 5.74) is 8.58. The molecule has 0 spiro atoms. The zero-order valence-corrected chi connectivity index (χ0v) is 10.1. The lowest BCUT2D eigenvalue weighted by atomic mass is 10.2. The van der Waals surface area contributed by atoms with Crippen LogP contribution in [0.2, 0.25) is 0 Å². The summed E-state index contributed by atoms with van der Waals surface area (Å²) in [5.74, 6) is 0.0177. The van der Waals surface area contributed by atoms with Crippen LogP contribution in [0.1, 0.15) is 12.5 Å². The van der Waals surface area contributed by atoms with Gasteiger partial charge in [-0.15, -0.1) is 0 Å². The predicted octanol–water partition coefficient (Wildman–Crippen LogP) is 1.15. The Morgan fingerprint density at radius 2 is 2.19 bits per heavy atom. The number of aryl methyl sites for hydroxylation is 1. The molecule has 1 amide bonds. The number of carbonyl (C=O) groups is 1. The fraction of sp³-hybridized carbons (Fsp3) is 0.417. The van der Waals surface area contributed by atoms with Crippen molar-refractivity contribution in [2.24, 2.45) is 0 Å². The highest BCUT2D eigenvalue weighted by molar-refractivity contribution is 5.81. The average molecular weight is 221 g/mol. The second-order valence-corrected chi connectivity index (χ2v) is 3.85. The molecule has 16 heavy (non-hydrogen) atoms. The summed E-state index contributed by atoms with van der Waals surface area (Å²) in [4.78, 5) is 13.3. The molecule has 4 heteroatoms. The Balaban J connectivity index is 2.69. The van der Waals surface area contributed by atoms with Gasteiger partial charge in [0.25, 0.3) is 0 Å². The Labute approximate surface area is 96.4 Å². The molecular weight excluding hydrogens is 202 g/mol. The average Bonchev–Trinajstić information content (AvgIpc) is 2.22. The minimum atomic E-state index is 0.0177. The van der Waals surface area contributed by atoms with Crippen molar-refractivity contribution >= 4 is 17.3 Å². The largest absolute Gasteiger partial charge is 0.398 e. The molecule has 0 saturated carbocycles. The second kappa shape index (κ2) is 5.39. The van der Waals surface area contributed by atoms with Crippen molar-refractivity contribution in [3.05, 3.63) is 23.8 Å². The van der Waals surface area contributed by atoms with Gasteiger partial charge in [0, 0.05) is 25.0 Å². The maximum Gasteiger partial charge on any atom is 0.239 e. The Hall–Kier alpha value is -1.71. The van der Waals surface area contributed by atoms with E-state index in [9.17, 15) is 4.79 Å². The topological polar surface area (TPSA) is 58.4 Å². The number of nitrogen functional groups attached to an aromatic ring is 1. The van der Waals surface area contributed by atoms with Crippen LogP contribution < -0.4 is 16.0 Å². The monoisotopic (exact) mass is 221 g/mol. The molecular formula is C12H19N3O. The van der Waals surface area contributed by atoms with E-state index >= 15 is 0 Å². The molecule has 0 aliphatic heterocycles. The molecule has 0 aliphatic carbocycles. The van der Waals surface area contributed by atoms with E-state index in [1.54, 1.807) is 0 Å². The van der Waals surface area contributed by atoms with Crippen LogP contribution in [-0.4, -0.2) is 26.0 Å². The number of benzene rings is 1. The van der Waals surface area contributed by atoms with Crippen molar-refractivity contribution in [1.82, 2.24) is 5.32 Å². The first-order chi connectivity index (χ1) is 7.54. The lowest BCUT2D eigenvalue weighted by Crippen LogP contribution is -2.34. The molecule has 1 aromatic carbocycles. The molecule has 1 aromatic rings. The maximum absolute atomic E-state index is 11.4. The first-order valence-electron chi connectivity index (χ1n) is 5.38. The van der Waals surface area contributed by atoms with Gasteiger partial charge in [0.05, 0.1) is 6.54 Å². The summed E-state index contributed by atoms with van der Waals surface area (Å²) in [6.07, 6.45) is 0. The molecule has 0 aliphatic rings. The van der Waals surface area contributed by atoms with Gasteiger partial charge < -0.3 is 16.0 Å². The number of hydrogen-bond donors (Lipinski definition) is 2. The quantitative estimate of drug-likeness (QED) is 0.750. The summed E-state index contributed by atoms with van der Waals surface area (Å²) >= 11 is 0. The zero-order valence-electron chi connectivity index (χ0n) is 10.1. The molecule has 0 bridgehead atoms. The molecule has 3 N–H and O–H groups in total. The lowest BCUT2D eigenvalue weighted by Gasteiger charge is -2.19. The molecule has 0 heterocycles. The van der Waals surface area contributed by atoms with E-state index < -0.39 is 0 Å². The van der Waals surface area contributed by atoms with Crippen LogP contribution >= 0.6 is 0 Å². The van der Waals surface area contributed by atoms with Gasteiger partial charge in [-0.2, -0.15) is 0 Å². The van der Waals surface area contributed by atoms with Crippen LogP contribution in [0.3, 0.4) is 0 Å². The van der Waals surface area contributed by atoms with Crippen LogP contribution in [-0.2, 0) is 4.79 Å². The van der Waals surface area contributed by atoms with Gasteiger partial charge >= 0.3 is 0 Å². The number of nitrogens with two attached hydrogens (primary N) is 1. The first-order valence-corrected chi connectivity index (χ1v) is 5.38. The van der Waals surface area contributed by atoms with E-state index in [0.717, 1.165) is 16.9 Å². The molecule has 1 rings (SSSR count). The lowest BCUT2D eigenvalue weighted by molar-refractivity contribution is -0.119. The highest BCUT2D eigenvalue weighted by Gasteiger charge is 2.07. The van der Waals surface area contributed by atoms with Crippen LogP contribution in [0.25, 0.3) is 0 Å². The van der Waals surface area contributed by atoms with Gasteiger partial charge in [0.2, 0.25) is 5.91 Å². The molecule has 88 valence electrons. The summed E-state index contributed by atoms with van der Waals surface area (Å²) in [7, 11) is 1.87. The fourth-order valence-corrected chi connectivity index (χ4v) is 1.43. The van der Waals surface area contributed by atoms with Gasteiger partial charge in [-0.25, -0.2) is 0 Å². The van der Waals surface area contributed by atoms with E-state index in [1.807, 2.05) is 44.0 Å². The third kappa shape index (κ3) is 3.15. The third-order valence-electron chi connectivity index (χ3n) is 2.46. The molecule has 0 atom stereocenters. The normalized spacial score (nSPS) is 9.94. The van der Waals surface area contributed by atoms with Crippen molar-refractivity contribution in [2.45, 2.75) is 13.8 Å². The van der Waals surface area contributed by atoms with Gasteiger partial charge in [-0.1, -0.05) is 6.07 Å². The van der Waals surface area contributed by atoms with Crippen LogP contribution in [0.4, 0.5) is 11.4 Å². The maximum atomic E-state index is 11.4. The Morgan fingerprint density at radius 3 is 2.75 bits per heavy atom. The van der Waals surface area contributed by atoms with Crippen molar-refractivity contribution in [3.8, 4) is 0 Å². The van der Waals surface area contributed by atoms with Crippen molar-refractivity contribution < 1.29 is 4.79 Å². The number of hydrogen-bond acceptors (Lipinski definition) is 3. The van der Waals surface area contributed by atoms with Crippen molar-refractivity contribution in [1.29, 1.82) is 0 Å². The molecule has 0 saturated heterocycles. The number of amides is 1. The third-order valence-corrected chi connectivity index (χ3v) is 2.46. The molecule has 0 radical (unpaired) electrons. The summed E-state index contributed by atoms with van der Waals surface area (Å²) < 4.78 is 0. The Morgan fingerprint density at radius 1 is 1.50 bits per heavy atom. The minimum Gasteiger partial charge on any atom is -0.398 e. The Bertz CT molecular complexity index is 377. The second-order valence-electron chi connectivity index (χ2n) is 3.85. The van der Waals surface area contributed by atoms with Crippen LogP contribution in [0, 0.1) is 6.92 Å². The zero-order chi connectivity index (χ0) is 12.1. The summed E-state index contributed by atoms with van der Waals surface area (Å²) in [6.45, 7) is 4.86. The van der Waals surface area contributed by atoms with E-state index in [4.69, 9.17) is 5.73 Å². The first kappa shape index (κ1) is 12.4. The standard InChI is InChI=1S/C12H19N3O/c1-4-14-12(16)8-15(3)10-6-5-9(2)11(13)7-10/h5-7H,4,8,13H2,1-3H3,(H,14,16). The Kier molecular flexibility index (Phi) is 4.17. The molecule has 0 aromatic heterocycles. The van der Waals surface area contributed by atoms with Crippen LogP contribution in [0.15, 0.2) is 18.2 Å². The van der Waals surface area contributed by atoms with E-state index in [2.05, 4.69) is 5.32 Å². The molecule has 4 nitrogen and oxygen atoms in total. The number of rotatable bonds is 4. The summed E-state index contributed by atoms with van der Waals surface area (Å²) in [5, 5.41) is 2.76. The van der Waals surface area contributed by atoms with E-state index in [0.29, 0.717) is 13.1 Å². The molecule has 0 fully saturated rings. The molecule has 0 unspecified atom stereocenters. The fourth-order valence-electron chi connectivity index (χ4n) is 1.43. The number of likely N-dealkylation sites (N-methyl/N-ethyl adjacent to an activating group) is 2. The highest BCUT2D eigenvalue weighted by atomic mass is 16.1. The van der Waals surface area contributed by atoms with Gasteiger partial charge in [0.15, 0.2) is 0 Å². The minimum absolute atomic E-state index is 0.0177. The number of anilines is 2. The summed E-state index contributed by atoms with van der Waals surface area (Å²) in [6, 6.07) is 5.80. The number of nitrogens with one attached hydrogen (secondary N) is 1. The van der Waals surface area contributed by atoms with Crippen molar-refractivity contribution in [2.75, 3.05) is 30.8 Å².